The summed E-state index contributed by atoms with van der Waals surface area (Å²) in [5.41, 5.74) is 0. The molecular weight excluding hydrogens is 226 g/mol. The maximum atomic E-state index is 11.5. The Labute approximate surface area is 101 Å². The summed E-state index contributed by atoms with van der Waals surface area (Å²) in [6, 6.07) is -0.889. The molecule has 0 aromatic heterocycles. The van der Waals surface area contributed by atoms with Crippen LogP contribution in [-0.4, -0.2) is 50.0 Å². The van der Waals surface area contributed by atoms with Crippen molar-refractivity contribution < 1.29 is 24.2 Å². The molecule has 2 atom stereocenters. The minimum atomic E-state index is -1.05. The molecule has 0 aliphatic carbocycles. The number of carboxylic acids is 1. The Morgan fingerprint density at radius 1 is 1.29 bits per heavy atom. The highest BCUT2D eigenvalue weighted by Crippen LogP contribution is 2.01. The largest absolute Gasteiger partial charge is 0.480 e. The topological polar surface area (TPSA) is 84.9 Å². The summed E-state index contributed by atoms with van der Waals surface area (Å²) in [6.45, 7) is 2.15. The quantitative estimate of drug-likeness (QED) is 0.616. The summed E-state index contributed by atoms with van der Waals surface area (Å²) in [6.07, 6.45) is 1.07. The van der Waals surface area contributed by atoms with Crippen LogP contribution in [0.3, 0.4) is 0 Å². The summed E-state index contributed by atoms with van der Waals surface area (Å²) < 4.78 is 9.79. The van der Waals surface area contributed by atoms with Crippen molar-refractivity contribution in [3.8, 4) is 0 Å². The van der Waals surface area contributed by atoms with Crippen molar-refractivity contribution in [1.82, 2.24) is 5.32 Å². The zero-order valence-corrected chi connectivity index (χ0v) is 10.6. The van der Waals surface area contributed by atoms with E-state index >= 15 is 0 Å². The SMILES string of the molecule is COCCC(NC(=O)CCC(C)OC)C(=O)O. The molecule has 0 aromatic rings. The second kappa shape index (κ2) is 8.95. The van der Waals surface area contributed by atoms with E-state index in [2.05, 4.69) is 5.32 Å². The molecule has 0 saturated carbocycles. The van der Waals surface area contributed by atoms with Gasteiger partial charge < -0.3 is 19.9 Å². The predicted octanol–water partition coefficient (Wildman–Crippen LogP) is 0.407. The van der Waals surface area contributed by atoms with Crippen molar-refractivity contribution in [2.75, 3.05) is 20.8 Å². The summed E-state index contributed by atoms with van der Waals surface area (Å²) in [5.74, 6) is -1.33. The van der Waals surface area contributed by atoms with Crippen LogP contribution in [0.1, 0.15) is 26.2 Å². The maximum Gasteiger partial charge on any atom is 0.326 e. The predicted molar refractivity (Wildman–Crippen MR) is 61.8 cm³/mol. The third kappa shape index (κ3) is 7.70. The minimum absolute atomic E-state index is 0.0111. The van der Waals surface area contributed by atoms with Crippen LogP contribution >= 0.6 is 0 Å². The molecule has 0 spiro atoms. The number of carbonyl (C=O) groups is 2. The van der Waals surface area contributed by atoms with Gasteiger partial charge in [-0.15, -0.1) is 0 Å². The molecule has 100 valence electrons. The Hall–Kier alpha value is -1.14. The van der Waals surface area contributed by atoms with E-state index in [1.54, 1.807) is 7.11 Å². The lowest BCUT2D eigenvalue weighted by Gasteiger charge is -2.15. The number of hydrogen-bond donors (Lipinski definition) is 2. The first kappa shape index (κ1) is 15.9. The van der Waals surface area contributed by atoms with Crippen LogP contribution in [0.2, 0.25) is 0 Å². The van der Waals surface area contributed by atoms with E-state index < -0.39 is 12.0 Å². The number of amides is 1. The highest BCUT2D eigenvalue weighted by atomic mass is 16.5. The highest BCUT2D eigenvalue weighted by Gasteiger charge is 2.19. The van der Waals surface area contributed by atoms with E-state index in [9.17, 15) is 9.59 Å². The normalized spacial score (nSPS) is 14.1. The number of methoxy groups -OCH3 is 2. The first-order valence-corrected chi connectivity index (χ1v) is 5.55. The van der Waals surface area contributed by atoms with Crippen molar-refractivity contribution in [2.45, 2.75) is 38.3 Å². The van der Waals surface area contributed by atoms with Crippen molar-refractivity contribution in [1.29, 1.82) is 0 Å². The fourth-order valence-electron chi connectivity index (χ4n) is 1.21. The van der Waals surface area contributed by atoms with Gasteiger partial charge in [-0.25, -0.2) is 4.79 Å². The van der Waals surface area contributed by atoms with Crippen molar-refractivity contribution in [3.63, 3.8) is 0 Å². The molecule has 17 heavy (non-hydrogen) atoms. The van der Waals surface area contributed by atoms with Crippen LogP contribution in [0.15, 0.2) is 0 Å². The lowest BCUT2D eigenvalue weighted by molar-refractivity contribution is -0.142. The molecule has 6 nitrogen and oxygen atoms in total. The highest BCUT2D eigenvalue weighted by molar-refractivity contribution is 5.83. The molecule has 0 aliphatic rings. The van der Waals surface area contributed by atoms with Gasteiger partial charge in [0, 0.05) is 33.7 Å². The van der Waals surface area contributed by atoms with Gasteiger partial charge in [0.1, 0.15) is 6.04 Å². The van der Waals surface area contributed by atoms with Crippen molar-refractivity contribution >= 4 is 11.9 Å². The number of nitrogens with one attached hydrogen (secondary N) is 1. The monoisotopic (exact) mass is 247 g/mol. The van der Waals surface area contributed by atoms with Gasteiger partial charge in [0.2, 0.25) is 5.91 Å². The lowest BCUT2D eigenvalue weighted by atomic mass is 10.1. The molecule has 6 heteroatoms. The lowest BCUT2D eigenvalue weighted by Crippen LogP contribution is -2.41. The van der Waals surface area contributed by atoms with E-state index in [1.807, 2.05) is 6.92 Å². The molecule has 0 aliphatic heterocycles. The Balaban J connectivity index is 3.99. The number of rotatable bonds is 9. The Bertz CT molecular complexity index is 244. The van der Waals surface area contributed by atoms with Gasteiger partial charge in [0.25, 0.3) is 0 Å². The molecule has 1 amide bonds. The van der Waals surface area contributed by atoms with Crippen LogP contribution in [0.25, 0.3) is 0 Å². The number of ether oxygens (including phenoxy) is 2. The van der Waals surface area contributed by atoms with E-state index in [0.717, 1.165) is 0 Å². The van der Waals surface area contributed by atoms with E-state index in [0.29, 0.717) is 13.0 Å². The van der Waals surface area contributed by atoms with Crippen LogP contribution < -0.4 is 5.32 Å². The third-order valence-electron chi connectivity index (χ3n) is 2.42. The maximum absolute atomic E-state index is 11.5. The van der Waals surface area contributed by atoms with E-state index in [1.165, 1.54) is 7.11 Å². The molecule has 2 N–H and O–H groups in total. The smallest absolute Gasteiger partial charge is 0.326 e. The van der Waals surface area contributed by atoms with E-state index in [4.69, 9.17) is 14.6 Å². The minimum Gasteiger partial charge on any atom is -0.480 e. The number of carbonyl (C=O) groups excluding carboxylic acids is 1. The van der Waals surface area contributed by atoms with Gasteiger partial charge in [-0.05, 0) is 13.3 Å². The van der Waals surface area contributed by atoms with Crippen LogP contribution in [0, 0.1) is 0 Å². The summed E-state index contributed by atoms with van der Waals surface area (Å²) in [5, 5.41) is 11.3. The molecule has 2 unspecified atom stereocenters. The van der Waals surface area contributed by atoms with Crippen LogP contribution in [0.4, 0.5) is 0 Å². The Kier molecular flexibility index (Phi) is 8.35. The summed E-state index contributed by atoms with van der Waals surface area (Å²) in [4.78, 5) is 22.3. The molecule has 0 heterocycles. The van der Waals surface area contributed by atoms with Gasteiger partial charge in [-0.3, -0.25) is 4.79 Å². The molecular formula is C11H21NO5. The molecule has 0 aromatic carbocycles. The average molecular weight is 247 g/mol. The fourth-order valence-corrected chi connectivity index (χ4v) is 1.21. The van der Waals surface area contributed by atoms with Crippen LogP contribution in [0.5, 0.6) is 0 Å². The zero-order valence-electron chi connectivity index (χ0n) is 10.6. The average Bonchev–Trinajstić information content (AvgIpc) is 2.30. The second-order valence-corrected chi connectivity index (χ2v) is 3.82. The standard InChI is InChI=1S/C11H21NO5/c1-8(17-3)4-5-10(13)12-9(11(14)15)6-7-16-2/h8-9H,4-7H2,1-3H3,(H,12,13)(H,14,15). The first-order chi connectivity index (χ1) is 8.01. The van der Waals surface area contributed by atoms with E-state index in [-0.39, 0.29) is 24.9 Å². The van der Waals surface area contributed by atoms with Crippen molar-refractivity contribution in [2.24, 2.45) is 0 Å². The number of aliphatic carboxylic acids is 1. The second-order valence-electron chi connectivity index (χ2n) is 3.82. The van der Waals surface area contributed by atoms with Crippen molar-refractivity contribution in [3.05, 3.63) is 0 Å². The molecule has 0 saturated heterocycles. The first-order valence-electron chi connectivity index (χ1n) is 5.55. The Morgan fingerprint density at radius 3 is 2.41 bits per heavy atom. The Morgan fingerprint density at radius 2 is 1.94 bits per heavy atom. The van der Waals surface area contributed by atoms with Gasteiger partial charge >= 0.3 is 5.97 Å². The summed E-state index contributed by atoms with van der Waals surface area (Å²) >= 11 is 0. The molecule has 0 rings (SSSR count). The summed E-state index contributed by atoms with van der Waals surface area (Å²) in [7, 11) is 3.06. The van der Waals surface area contributed by atoms with Crippen LogP contribution in [-0.2, 0) is 19.1 Å². The van der Waals surface area contributed by atoms with Gasteiger partial charge in [-0.1, -0.05) is 0 Å². The van der Waals surface area contributed by atoms with Gasteiger partial charge in [0.05, 0.1) is 6.10 Å². The number of hydrogen-bond acceptors (Lipinski definition) is 4. The molecule has 0 bridgehead atoms. The zero-order chi connectivity index (χ0) is 13.3. The molecule has 0 fully saturated rings. The fraction of sp³-hybridized carbons (Fsp3) is 0.818. The van der Waals surface area contributed by atoms with Gasteiger partial charge in [0.15, 0.2) is 0 Å². The third-order valence-corrected chi connectivity index (χ3v) is 2.42. The molecule has 0 radical (unpaired) electrons. The number of carboxylic acid groups (broad SMARTS) is 1. The van der Waals surface area contributed by atoms with Gasteiger partial charge in [-0.2, -0.15) is 0 Å².